The van der Waals surface area contributed by atoms with Gasteiger partial charge < -0.3 is 4.74 Å². The van der Waals surface area contributed by atoms with Gasteiger partial charge in [-0.1, -0.05) is 19.1 Å². The predicted octanol–water partition coefficient (Wildman–Crippen LogP) is 5.69. The predicted molar refractivity (Wildman–Crippen MR) is 87.2 cm³/mol. The Bertz CT molecular complexity index is 286. The maximum absolute atomic E-state index is 12.1. The van der Waals surface area contributed by atoms with Crippen LogP contribution in [-0.2, 0) is 4.74 Å². The van der Waals surface area contributed by atoms with E-state index in [-0.39, 0.29) is 6.67 Å². The molecule has 2 aliphatic carbocycles. The third-order valence-electron chi connectivity index (χ3n) is 5.44. The van der Waals surface area contributed by atoms with Gasteiger partial charge in [0.2, 0.25) is 0 Å². The largest absolute Gasteiger partial charge is 0.378 e. The number of ether oxygens (including phenoxy) is 1. The molecule has 2 fully saturated rings. The molecule has 0 radical (unpaired) electrons. The van der Waals surface area contributed by atoms with E-state index in [0.29, 0.717) is 12.5 Å². The molecule has 0 saturated heterocycles. The molecular formula is C19H33FO. The summed E-state index contributed by atoms with van der Waals surface area (Å²) in [5.41, 5.74) is 0. The molecule has 0 aliphatic heterocycles. The highest BCUT2D eigenvalue weighted by Gasteiger charge is 2.30. The average Bonchev–Trinajstić information content (AvgIpc) is 2.54. The van der Waals surface area contributed by atoms with Gasteiger partial charge >= 0.3 is 0 Å². The lowest BCUT2D eigenvalue weighted by atomic mass is 9.70. The van der Waals surface area contributed by atoms with Gasteiger partial charge in [0.1, 0.15) is 0 Å². The maximum atomic E-state index is 12.1. The molecule has 2 heteroatoms. The topological polar surface area (TPSA) is 9.23 Å². The summed E-state index contributed by atoms with van der Waals surface area (Å²) in [4.78, 5) is 0. The van der Waals surface area contributed by atoms with Crippen molar-refractivity contribution >= 4 is 0 Å². The number of alkyl halides is 1. The first kappa shape index (κ1) is 17.0. The van der Waals surface area contributed by atoms with E-state index in [1.54, 1.807) is 0 Å². The number of hydrogen-bond acceptors (Lipinski definition) is 1. The molecule has 0 aromatic rings. The van der Waals surface area contributed by atoms with E-state index in [0.717, 1.165) is 30.8 Å². The molecule has 2 saturated carbocycles. The minimum Gasteiger partial charge on any atom is -0.378 e. The molecule has 1 nitrogen and oxygen atoms in total. The van der Waals surface area contributed by atoms with Crippen LogP contribution in [0.4, 0.5) is 4.39 Å². The van der Waals surface area contributed by atoms with Crippen molar-refractivity contribution in [3.8, 4) is 0 Å². The van der Waals surface area contributed by atoms with Crippen molar-refractivity contribution in [2.75, 3.05) is 13.3 Å². The van der Waals surface area contributed by atoms with Gasteiger partial charge in [0, 0.05) is 6.61 Å². The number of rotatable bonds is 7. The first-order valence-electron chi connectivity index (χ1n) is 9.17. The van der Waals surface area contributed by atoms with Crippen molar-refractivity contribution in [3.63, 3.8) is 0 Å². The average molecular weight is 296 g/mol. The molecule has 0 aromatic heterocycles. The SMILES string of the molecule is CCCOC1CCC(C2CCC(C=CCCF)CC2)CC1. The van der Waals surface area contributed by atoms with Crippen LogP contribution in [0.1, 0.15) is 71.1 Å². The highest BCUT2D eigenvalue weighted by atomic mass is 19.1. The van der Waals surface area contributed by atoms with Crippen molar-refractivity contribution in [2.45, 2.75) is 77.2 Å². The van der Waals surface area contributed by atoms with Gasteiger partial charge in [0.05, 0.1) is 12.8 Å². The summed E-state index contributed by atoms with van der Waals surface area (Å²) in [5.74, 6) is 2.61. The molecule has 21 heavy (non-hydrogen) atoms. The molecule has 0 atom stereocenters. The summed E-state index contributed by atoms with van der Waals surface area (Å²) in [5, 5.41) is 0. The number of halogens is 1. The first-order valence-corrected chi connectivity index (χ1v) is 9.17. The van der Waals surface area contributed by atoms with E-state index in [4.69, 9.17) is 4.74 Å². The van der Waals surface area contributed by atoms with Crippen LogP contribution in [0, 0.1) is 17.8 Å². The van der Waals surface area contributed by atoms with E-state index in [2.05, 4.69) is 13.0 Å². The van der Waals surface area contributed by atoms with Gasteiger partial charge in [0.25, 0.3) is 0 Å². The van der Waals surface area contributed by atoms with Gasteiger partial charge in [-0.2, -0.15) is 0 Å². The Kier molecular flexibility index (Phi) is 7.77. The Morgan fingerprint density at radius 1 is 0.952 bits per heavy atom. The lowest BCUT2D eigenvalue weighted by molar-refractivity contribution is 0.00796. The Morgan fingerprint density at radius 3 is 2.14 bits per heavy atom. The van der Waals surface area contributed by atoms with Crippen molar-refractivity contribution < 1.29 is 9.13 Å². The van der Waals surface area contributed by atoms with Crippen LogP contribution in [0.15, 0.2) is 12.2 Å². The van der Waals surface area contributed by atoms with Crippen LogP contribution in [-0.4, -0.2) is 19.4 Å². The molecule has 0 N–H and O–H groups in total. The van der Waals surface area contributed by atoms with Gasteiger partial charge in [0.15, 0.2) is 0 Å². The Hall–Kier alpha value is -0.370. The van der Waals surface area contributed by atoms with Crippen LogP contribution in [0.5, 0.6) is 0 Å². The third-order valence-corrected chi connectivity index (χ3v) is 5.44. The van der Waals surface area contributed by atoms with E-state index < -0.39 is 0 Å². The summed E-state index contributed by atoms with van der Waals surface area (Å²) < 4.78 is 18.0. The fourth-order valence-corrected chi connectivity index (χ4v) is 4.17. The Labute approximate surface area is 130 Å². The van der Waals surface area contributed by atoms with Crippen molar-refractivity contribution in [1.82, 2.24) is 0 Å². The van der Waals surface area contributed by atoms with Crippen molar-refractivity contribution in [3.05, 3.63) is 12.2 Å². The van der Waals surface area contributed by atoms with E-state index in [9.17, 15) is 4.39 Å². The minimum absolute atomic E-state index is 0.213. The lowest BCUT2D eigenvalue weighted by Gasteiger charge is -2.37. The zero-order valence-electron chi connectivity index (χ0n) is 13.7. The smallest absolute Gasteiger partial charge is 0.0928 e. The van der Waals surface area contributed by atoms with E-state index >= 15 is 0 Å². The van der Waals surface area contributed by atoms with Gasteiger partial charge in [-0.15, -0.1) is 0 Å². The maximum Gasteiger partial charge on any atom is 0.0928 e. The number of hydrogen-bond donors (Lipinski definition) is 0. The van der Waals surface area contributed by atoms with E-state index in [1.165, 1.54) is 51.4 Å². The monoisotopic (exact) mass is 296 g/mol. The Morgan fingerprint density at radius 2 is 1.57 bits per heavy atom. The van der Waals surface area contributed by atoms with Crippen molar-refractivity contribution in [2.24, 2.45) is 17.8 Å². The van der Waals surface area contributed by atoms with Crippen LogP contribution in [0.25, 0.3) is 0 Å². The molecule has 122 valence electrons. The second-order valence-corrected chi connectivity index (χ2v) is 6.99. The highest BCUT2D eigenvalue weighted by Crippen LogP contribution is 2.40. The molecule has 0 unspecified atom stereocenters. The summed E-state index contributed by atoms with van der Waals surface area (Å²) in [7, 11) is 0. The van der Waals surface area contributed by atoms with Crippen LogP contribution in [0.3, 0.4) is 0 Å². The molecule has 2 rings (SSSR count). The lowest BCUT2D eigenvalue weighted by Crippen LogP contribution is -2.28. The third kappa shape index (κ3) is 5.73. The molecule has 0 spiro atoms. The molecule has 0 amide bonds. The van der Waals surface area contributed by atoms with Crippen LogP contribution < -0.4 is 0 Å². The fourth-order valence-electron chi connectivity index (χ4n) is 4.17. The summed E-state index contributed by atoms with van der Waals surface area (Å²) >= 11 is 0. The van der Waals surface area contributed by atoms with Gasteiger partial charge in [-0.05, 0) is 82.0 Å². The first-order chi connectivity index (χ1) is 10.3. The zero-order valence-corrected chi connectivity index (χ0v) is 13.7. The van der Waals surface area contributed by atoms with E-state index in [1.807, 2.05) is 6.08 Å². The Balaban J connectivity index is 1.64. The van der Waals surface area contributed by atoms with Gasteiger partial charge in [-0.3, -0.25) is 4.39 Å². The summed E-state index contributed by atoms with van der Waals surface area (Å²) in [6.07, 6.45) is 17.3. The highest BCUT2D eigenvalue weighted by molar-refractivity contribution is 4.92. The molecule has 2 aliphatic rings. The molecule has 0 bridgehead atoms. The van der Waals surface area contributed by atoms with Crippen molar-refractivity contribution in [1.29, 1.82) is 0 Å². The standard InChI is InChI=1S/C19H33FO/c1-2-15-21-19-12-10-18(11-13-19)17-8-6-16(7-9-17)5-3-4-14-20/h3,5,16-19H,2,4,6-15H2,1H3. The second-order valence-electron chi connectivity index (χ2n) is 6.99. The number of allylic oxidation sites excluding steroid dienone is 2. The summed E-state index contributed by atoms with van der Waals surface area (Å²) in [6.45, 7) is 2.91. The molecule has 0 heterocycles. The van der Waals surface area contributed by atoms with Crippen LogP contribution in [0.2, 0.25) is 0 Å². The molecule has 0 aromatic carbocycles. The van der Waals surface area contributed by atoms with Gasteiger partial charge in [-0.25, -0.2) is 0 Å². The van der Waals surface area contributed by atoms with Crippen LogP contribution >= 0.6 is 0 Å². The summed E-state index contributed by atoms with van der Waals surface area (Å²) in [6, 6.07) is 0. The quantitative estimate of drug-likeness (QED) is 0.548. The zero-order chi connectivity index (χ0) is 14.9. The minimum atomic E-state index is -0.213. The second kappa shape index (κ2) is 9.61. The molecular weight excluding hydrogens is 263 g/mol. The fraction of sp³-hybridized carbons (Fsp3) is 0.895. The normalized spacial score (nSPS) is 34.4.